The molecule has 1 saturated carbocycles. The lowest BCUT2D eigenvalue weighted by Crippen LogP contribution is -2.13. The first-order chi connectivity index (χ1) is 18.2. The van der Waals surface area contributed by atoms with Gasteiger partial charge < -0.3 is 4.74 Å². The minimum atomic E-state index is -0.269. The molecule has 0 radical (unpaired) electrons. The van der Waals surface area contributed by atoms with E-state index in [4.69, 9.17) is 4.74 Å². The van der Waals surface area contributed by atoms with Gasteiger partial charge in [-0.3, -0.25) is 0 Å². The van der Waals surface area contributed by atoms with Gasteiger partial charge in [-0.25, -0.2) is 4.79 Å². The number of rotatable bonds is 17. The van der Waals surface area contributed by atoms with Crippen molar-refractivity contribution in [2.24, 2.45) is 5.92 Å². The average Bonchev–Trinajstić information content (AvgIpc) is 2.94. The van der Waals surface area contributed by atoms with Gasteiger partial charge in [0.1, 0.15) is 5.75 Å². The van der Waals surface area contributed by atoms with Crippen molar-refractivity contribution in [2.75, 3.05) is 0 Å². The van der Waals surface area contributed by atoms with Crippen molar-refractivity contribution in [3.8, 4) is 5.75 Å². The van der Waals surface area contributed by atoms with Crippen molar-refractivity contribution in [3.05, 3.63) is 65.2 Å². The molecule has 0 amide bonds. The Balaban J connectivity index is 1.35. The van der Waals surface area contributed by atoms with Crippen LogP contribution in [0.25, 0.3) is 0 Å². The maximum absolute atomic E-state index is 12.6. The third-order valence-corrected chi connectivity index (χ3v) is 8.38. The van der Waals surface area contributed by atoms with E-state index in [0.717, 1.165) is 12.3 Å². The number of benzene rings is 2. The van der Waals surface area contributed by atoms with Gasteiger partial charge in [-0.2, -0.15) is 0 Å². The molecule has 2 nitrogen and oxygen atoms in total. The van der Waals surface area contributed by atoms with Gasteiger partial charge in [0.05, 0.1) is 5.56 Å². The molecule has 3 rings (SSSR count). The number of aryl methyl sites for hydroxylation is 1. The molecule has 0 saturated heterocycles. The highest BCUT2D eigenvalue weighted by atomic mass is 16.5. The zero-order chi connectivity index (χ0) is 26.1. The number of carbonyl (C=O) groups excluding carboxylic acids is 1. The molecule has 0 atom stereocenters. The van der Waals surface area contributed by atoms with E-state index in [1.165, 1.54) is 120 Å². The van der Waals surface area contributed by atoms with Crippen molar-refractivity contribution in [1.82, 2.24) is 0 Å². The van der Waals surface area contributed by atoms with Gasteiger partial charge in [0.25, 0.3) is 0 Å². The summed E-state index contributed by atoms with van der Waals surface area (Å²) in [4.78, 5) is 12.6. The van der Waals surface area contributed by atoms with E-state index < -0.39 is 0 Å². The molecule has 0 spiro atoms. The van der Waals surface area contributed by atoms with Crippen LogP contribution in [0, 0.1) is 5.92 Å². The zero-order valence-corrected chi connectivity index (χ0v) is 23.8. The molecule has 2 aromatic rings. The standard InChI is InChI=1S/C35H52O2/c1-3-5-7-9-11-13-15-29-17-21-31(22-18-29)32-25-27-34(28-26-32)37-35(36)33-23-19-30(20-24-33)16-14-12-10-8-6-4-2/h19-20,23-29,31H,3-18,21-22H2,1-2H3. The van der Waals surface area contributed by atoms with Gasteiger partial charge in [0.2, 0.25) is 0 Å². The summed E-state index contributed by atoms with van der Waals surface area (Å²) in [5.74, 6) is 1.96. The number of esters is 1. The molecule has 0 bridgehead atoms. The number of ether oxygens (including phenoxy) is 1. The topological polar surface area (TPSA) is 26.3 Å². The summed E-state index contributed by atoms with van der Waals surface area (Å²) in [5.41, 5.74) is 3.33. The lowest BCUT2D eigenvalue weighted by Gasteiger charge is -2.29. The van der Waals surface area contributed by atoms with Crippen LogP contribution in [0.1, 0.15) is 150 Å². The van der Waals surface area contributed by atoms with Crippen LogP contribution in [-0.2, 0) is 6.42 Å². The summed E-state index contributed by atoms with van der Waals surface area (Å²) in [6, 6.07) is 16.3. The number of hydrogen-bond donors (Lipinski definition) is 0. The van der Waals surface area contributed by atoms with Crippen LogP contribution in [0.4, 0.5) is 0 Å². The third kappa shape index (κ3) is 11.0. The summed E-state index contributed by atoms with van der Waals surface area (Å²) in [6.07, 6.45) is 24.1. The molecule has 2 aromatic carbocycles. The maximum Gasteiger partial charge on any atom is 0.343 e. The van der Waals surface area contributed by atoms with E-state index >= 15 is 0 Å². The van der Waals surface area contributed by atoms with E-state index in [-0.39, 0.29) is 5.97 Å². The van der Waals surface area contributed by atoms with Crippen LogP contribution in [0.3, 0.4) is 0 Å². The molecule has 37 heavy (non-hydrogen) atoms. The Hall–Kier alpha value is -2.09. The molecule has 1 aliphatic rings. The predicted octanol–water partition coefficient (Wildman–Crippen LogP) is 10.8. The molecule has 0 aliphatic heterocycles. The fourth-order valence-corrected chi connectivity index (χ4v) is 5.89. The van der Waals surface area contributed by atoms with Crippen molar-refractivity contribution in [2.45, 2.75) is 135 Å². The average molecular weight is 505 g/mol. The smallest absolute Gasteiger partial charge is 0.343 e. The van der Waals surface area contributed by atoms with Crippen LogP contribution >= 0.6 is 0 Å². The Bertz CT molecular complexity index is 859. The summed E-state index contributed by atoms with van der Waals surface area (Å²) in [7, 11) is 0. The zero-order valence-electron chi connectivity index (χ0n) is 23.8. The Morgan fingerprint density at radius 1 is 0.676 bits per heavy atom. The van der Waals surface area contributed by atoms with E-state index in [2.05, 4.69) is 38.1 Å². The van der Waals surface area contributed by atoms with E-state index in [9.17, 15) is 4.79 Å². The second kappa shape index (κ2) is 17.4. The summed E-state index contributed by atoms with van der Waals surface area (Å²) < 4.78 is 5.68. The normalized spacial score (nSPS) is 17.6. The van der Waals surface area contributed by atoms with Crippen molar-refractivity contribution >= 4 is 5.97 Å². The van der Waals surface area contributed by atoms with Gasteiger partial charge in [-0.15, -0.1) is 0 Å². The molecular weight excluding hydrogens is 452 g/mol. The summed E-state index contributed by atoms with van der Waals surface area (Å²) in [5, 5.41) is 0. The van der Waals surface area contributed by atoms with Crippen molar-refractivity contribution in [3.63, 3.8) is 0 Å². The summed E-state index contributed by atoms with van der Waals surface area (Å²) in [6.45, 7) is 4.54. The van der Waals surface area contributed by atoms with Crippen molar-refractivity contribution < 1.29 is 9.53 Å². The first-order valence-electron chi connectivity index (χ1n) is 15.6. The second-order valence-electron chi connectivity index (χ2n) is 11.4. The van der Waals surface area contributed by atoms with Gasteiger partial charge in [0.15, 0.2) is 0 Å². The molecule has 0 aromatic heterocycles. The molecule has 1 aliphatic carbocycles. The van der Waals surface area contributed by atoms with Gasteiger partial charge >= 0.3 is 5.97 Å². The molecule has 0 heterocycles. The minimum absolute atomic E-state index is 0.269. The first-order valence-corrected chi connectivity index (χ1v) is 15.6. The Morgan fingerprint density at radius 2 is 1.24 bits per heavy atom. The van der Waals surface area contributed by atoms with Crippen LogP contribution in [0.15, 0.2) is 48.5 Å². The Labute approximate surface area is 227 Å². The highest BCUT2D eigenvalue weighted by Gasteiger charge is 2.22. The van der Waals surface area contributed by atoms with E-state index in [1.807, 2.05) is 24.3 Å². The molecule has 0 N–H and O–H groups in total. The predicted molar refractivity (Wildman–Crippen MR) is 158 cm³/mol. The first kappa shape index (κ1) is 29.5. The van der Waals surface area contributed by atoms with Gasteiger partial charge in [-0.1, -0.05) is 115 Å². The van der Waals surface area contributed by atoms with Crippen LogP contribution in [0.2, 0.25) is 0 Å². The van der Waals surface area contributed by atoms with E-state index in [0.29, 0.717) is 17.2 Å². The summed E-state index contributed by atoms with van der Waals surface area (Å²) >= 11 is 0. The SMILES string of the molecule is CCCCCCCCc1ccc(C(=O)Oc2ccc(C3CCC(CCCCCCCC)CC3)cc2)cc1. The Morgan fingerprint density at radius 3 is 1.86 bits per heavy atom. The fraction of sp³-hybridized carbons (Fsp3) is 0.629. The molecule has 204 valence electrons. The van der Waals surface area contributed by atoms with Crippen molar-refractivity contribution in [1.29, 1.82) is 0 Å². The van der Waals surface area contributed by atoms with E-state index in [1.54, 1.807) is 0 Å². The molecular formula is C35H52O2. The second-order valence-corrected chi connectivity index (χ2v) is 11.4. The van der Waals surface area contributed by atoms with Crippen LogP contribution in [-0.4, -0.2) is 5.97 Å². The molecule has 1 fully saturated rings. The van der Waals surface area contributed by atoms with Gasteiger partial charge in [-0.05, 0) is 85.8 Å². The largest absolute Gasteiger partial charge is 0.423 e. The lowest BCUT2D eigenvalue weighted by atomic mass is 9.77. The number of hydrogen-bond acceptors (Lipinski definition) is 2. The molecule has 0 unspecified atom stereocenters. The van der Waals surface area contributed by atoms with Gasteiger partial charge in [0, 0.05) is 0 Å². The number of unbranched alkanes of at least 4 members (excludes halogenated alkanes) is 10. The highest BCUT2D eigenvalue weighted by Crippen LogP contribution is 2.38. The highest BCUT2D eigenvalue weighted by molar-refractivity contribution is 5.91. The quantitative estimate of drug-likeness (QED) is 0.122. The van der Waals surface area contributed by atoms with Crippen LogP contribution < -0.4 is 4.74 Å². The maximum atomic E-state index is 12.6. The molecule has 2 heteroatoms. The minimum Gasteiger partial charge on any atom is -0.423 e. The Kier molecular flexibility index (Phi) is 13.9. The fourth-order valence-electron chi connectivity index (χ4n) is 5.89. The monoisotopic (exact) mass is 504 g/mol. The third-order valence-electron chi connectivity index (χ3n) is 8.38. The van der Waals surface area contributed by atoms with Crippen LogP contribution in [0.5, 0.6) is 5.75 Å². The lowest BCUT2D eigenvalue weighted by molar-refractivity contribution is 0.0734. The number of carbonyl (C=O) groups is 1.